The van der Waals surface area contributed by atoms with E-state index in [-0.39, 0.29) is 36.0 Å². The van der Waals surface area contributed by atoms with Crippen molar-refractivity contribution in [2.24, 2.45) is 23.2 Å². The summed E-state index contributed by atoms with van der Waals surface area (Å²) in [4.78, 5) is 52.0. The van der Waals surface area contributed by atoms with Crippen LogP contribution in [0.2, 0.25) is 0 Å². The molecule has 5 rings (SSSR count). The molecule has 7 atom stereocenters. The first-order valence-corrected chi connectivity index (χ1v) is 17.7. The van der Waals surface area contributed by atoms with Crippen LogP contribution >= 0.6 is 11.8 Å². The third kappa shape index (κ3) is 7.91. The van der Waals surface area contributed by atoms with Crippen molar-refractivity contribution in [3.63, 3.8) is 0 Å². The summed E-state index contributed by atoms with van der Waals surface area (Å²) in [5, 5.41) is 11.7. The van der Waals surface area contributed by atoms with Gasteiger partial charge in [0.25, 0.3) is 0 Å². The standard InChI is InChI=1S/C33H51BN4O7S/c1-21(2)27(37-30(42)43-6)29(41)36-24(15-22-11-9-8-10-12-22)28(40)38-33(19-39,13-14-46-7)18-35-20-34-44-26-17-23-16-25(31(23,3)4)32(26,5)45-34/h8-12,19,21,23-27,35H,13-18,20H2,1-7H3,(H,36,41)(H,37,42)(H,38,40)/t23?,24?,25?,26-,27+,32+,33-/m1/s1. The molecule has 11 nitrogen and oxygen atoms in total. The fourth-order valence-electron chi connectivity index (χ4n) is 7.43. The number of amides is 3. The van der Waals surface area contributed by atoms with Gasteiger partial charge in [0.05, 0.1) is 18.8 Å². The summed E-state index contributed by atoms with van der Waals surface area (Å²) in [5.41, 5.74) is -0.503. The zero-order valence-electron chi connectivity index (χ0n) is 28.2. The molecule has 1 aromatic carbocycles. The molecule has 3 aliphatic carbocycles. The van der Waals surface area contributed by atoms with E-state index in [1.807, 2.05) is 36.6 Å². The van der Waals surface area contributed by atoms with E-state index in [1.165, 1.54) is 7.11 Å². The Labute approximate surface area is 277 Å². The molecular formula is C33H51BN4O7S. The first kappa shape index (κ1) is 36.2. The van der Waals surface area contributed by atoms with Crippen LogP contribution in [-0.2, 0) is 34.9 Å². The van der Waals surface area contributed by atoms with Gasteiger partial charge in [-0.15, -0.1) is 0 Å². The normalized spacial score (nSPS) is 27.0. The van der Waals surface area contributed by atoms with Crippen LogP contribution in [0.25, 0.3) is 0 Å². The first-order valence-electron chi connectivity index (χ1n) is 16.3. The molecule has 2 bridgehead atoms. The lowest BCUT2D eigenvalue weighted by atomic mass is 9.43. The van der Waals surface area contributed by atoms with Crippen LogP contribution in [0.4, 0.5) is 4.79 Å². The number of carbonyl (C=O) groups is 4. The maximum absolute atomic E-state index is 13.9. The molecule has 4 N–H and O–H groups in total. The Kier molecular flexibility index (Phi) is 11.9. The molecule has 3 unspecified atom stereocenters. The largest absolute Gasteiger partial charge is 0.472 e. The lowest BCUT2D eigenvalue weighted by Crippen LogP contribution is -2.65. The maximum atomic E-state index is 13.9. The average molecular weight is 659 g/mol. The number of rotatable bonds is 16. The monoisotopic (exact) mass is 658 g/mol. The Morgan fingerprint density at radius 1 is 1.13 bits per heavy atom. The number of nitrogens with one attached hydrogen (secondary N) is 4. The van der Waals surface area contributed by atoms with Crippen molar-refractivity contribution >= 4 is 43.1 Å². The molecule has 1 heterocycles. The highest BCUT2D eigenvalue weighted by Gasteiger charge is 2.67. The smallest absolute Gasteiger partial charge is 0.453 e. The number of hydrogen-bond donors (Lipinski definition) is 4. The SMILES string of the molecule is COC(=O)N[C@H](C(=O)NC(Cc1ccccc1)C(=O)N[C@](C=O)(CCSC)CNCB1O[C@@H]2CC3CC(C3(C)C)[C@]2(C)O1)C(C)C. The van der Waals surface area contributed by atoms with Gasteiger partial charge < -0.3 is 40.1 Å². The molecule has 1 aromatic rings. The summed E-state index contributed by atoms with van der Waals surface area (Å²) < 4.78 is 17.6. The second-order valence-electron chi connectivity index (χ2n) is 14.1. The zero-order valence-corrected chi connectivity index (χ0v) is 29.0. The van der Waals surface area contributed by atoms with Gasteiger partial charge in [0.1, 0.15) is 23.9 Å². The van der Waals surface area contributed by atoms with E-state index in [1.54, 1.807) is 25.6 Å². The number of methoxy groups -OCH3 is 1. The molecule has 0 aromatic heterocycles. The average Bonchev–Trinajstić information content (AvgIpc) is 3.37. The third-order valence-electron chi connectivity index (χ3n) is 10.4. The summed E-state index contributed by atoms with van der Waals surface area (Å²) in [6, 6.07) is 7.37. The minimum atomic E-state index is -1.24. The van der Waals surface area contributed by atoms with Gasteiger partial charge in [-0.25, -0.2) is 4.79 Å². The molecule has 1 saturated heterocycles. The number of hydrogen-bond acceptors (Lipinski definition) is 9. The van der Waals surface area contributed by atoms with E-state index in [0.717, 1.165) is 24.7 Å². The van der Waals surface area contributed by atoms with Gasteiger partial charge in [-0.05, 0) is 66.9 Å². The fraction of sp³-hybridized carbons (Fsp3) is 0.697. The molecule has 0 radical (unpaired) electrons. The summed E-state index contributed by atoms with van der Waals surface area (Å²) >= 11 is 1.57. The van der Waals surface area contributed by atoms with Crippen molar-refractivity contribution < 1.29 is 33.2 Å². The van der Waals surface area contributed by atoms with Crippen LogP contribution in [0.3, 0.4) is 0 Å². The molecule has 4 aliphatic rings. The summed E-state index contributed by atoms with van der Waals surface area (Å²) in [5.74, 6) is 0.417. The predicted molar refractivity (Wildman–Crippen MR) is 179 cm³/mol. The molecule has 254 valence electrons. The molecule has 0 spiro atoms. The van der Waals surface area contributed by atoms with Gasteiger partial charge in [0, 0.05) is 19.4 Å². The van der Waals surface area contributed by atoms with Crippen LogP contribution in [0, 0.1) is 23.2 Å². The number of carbonyl (C=O) groups excluding carboxylic acids is 4. The van der Waals surface area contributed by atoms with Gasteiger partial charge >= 0.3 is 13.2 Å². The minimum absolute atomic E-state index is 0.0498. The summed E-state index contributed by atoms with van der Waals surface area (Å²) in [7, 11) is 0.769. The number of aldehydes is 1. The Morgan fingerprint density at radius 2 is 1.85 bits per heavy atom. The van der Waals surface area contributed by atoms with Crippen molar-refractivity contribution in [3.05, 3.63) is 35.9 Å². The number of benzene rings is 1. The van der Waals surface area contributed by atoms with Gasteiger partial charge in [-0.2, -0.15) is 11.8 Å². The van der Waals surface area contributed by atoms with Crippen LogP contribution in [0.5, 0.6) is 0 Å². The maximum Gasteiger partial charge on any atom is 0.472 e. The van der Waals surface area contributed by atoms with Crippen LogP contribution in [-0.4, -0.2) is 92.7 Å². The lowest BCUT2D eigenvalue weighted by Gasteiger charge is -2.64. The van der Waals surface area contributed by atoms with E-state index in [9.17, 15) is 19.2 Å². The van der Waals surface area contributed by atoms with Crippen molar-refractivity contribution in [1.29, 1.82) is 0 Å². The Balaban J connectivity index is 1.45. The first-order chi connectivity index (χ1) is 21.8. The number of ether oxygens (including phenoxy) is 1. The highest BCUT2D eigenvalue weighted by molar-refractivity contribution is 7.98. The zero-order chi connectivity index (χ0) is 33.7. The van der Waals surface area contributed by atoms with Crippen LogP contribution in [0.1, 0.15) is 59.4 Å². The van der Waals surface area contributed by atoms with Crippen molar-refractivity contribution in [2.45, 2.75) is 89.6 Å². The van der Waals surface area contributed by atoms with Gasteiger partial charge in [0.2, 0.25) is 11.8 Å². The molecule has 46 heavy (non-hydrogen) atoms. The predicted octanol–water partition coefficient (Wildman–Crippen LogP) is 2.76. The topological polar surface area (TPSA) is 144 Å². The Morgan fingerprint density at radius 3 is 2.46 bits per heavy atom. The molecule has 13 heteroatoms. The second-order valence-corrected chi connectivity index (χ2v) is 15.1. The fourth-order valence-corrected chi connectivity index (χ4v) is 8.00. The van der Waals surface area contributed by atoms with E-state index in [0.29, 0.717) is 30.5 Å². The highest BCUT2D eigenvalue weighted by atomic mass is 32.2. The van der Waals surface area contributed by atoms with E-state index < -0.39 is 42.6 Å². The van der Waals surface area contributed by atoms with Crippen LogP contribution in [0.15, 0.2) is 30.3 Å². The number of thioether (sulfide) groups is 1. The second kappa shape index (κ2) is 15.1. The van der Waals surface area contributed by atoms with Gasteiger partial charge in [0.15, 0.2) is 0 Å². The van der Waals surface area contributed by atoms with E-state index >= 15 is 0 Å². The lowest BCUT2D eigenvalue weighted by molar-refractivity contribution is -0.199. The summed E-state index contributed by atoms with van der Waals surface area (Å²) in [6.07, 6.45) is 5.11. The van der Waals surface area contributed by atoms with Crippen LogP contribution < -0.4 is 21.3 Å². The Bertz CT molecular complexity index is 1240. The highest BCUT2D eigenvalue weighted by Crippen LogP contribution is 2.65. The molecule has 4 fully saturated rings. The van der Waals surface area contributed by atoms with Gasteiger partial charge in [-0.1, -0.05) is 58.0 Å². The molecule has 1 aliphatic heterocycles. The minimum Gasteiger partial charge on any atom is -0.453 e. The molecular weight excluding hydrogens is 607 g/mol. The number of alkyl carbamates (subject to hydrolysis) is 1. The Hall–Kier alpha value is -2.61. The van der Waals surface area contributed by atoms with Crippen molar-refractivity contribution in [2.75, 3.05) is 32.1 Å². The van der Waals surface area contributed by atoms with Crippen molar-refractivity contribution in [1.82, 2.24) is 21.3 Å². The van der Waals surface area contributed by atoms with Gasteiger partial charge in [-0.3, -0.25) is 9.59 Å². The molecule has 3 amide bonds. The van der Waals surface area contributed by atoms with E-state index in [4.69, 9.17) is 14.0 Å². The quantitative estimate of drug-likeness (QED) is 0.156. The third-order valence-corrected chi connectivity index (χ3v) is 11.0. The van der Waals surface area contributed by atoms with E-state index in [2.05, 4.69) is 42.0 Å². The molecule has 3 saturated carbocycles. The summed E-state index contributed by atoms with van der Waals surface area (Å²) in [6.45, 7) is 10.5. The van der Waals surface area contributed by atoms with Crippen molar-refractivity contribution in [3.8, 4) is 0 Å².